The third kappa shape index (κ3) is 3.61. The first-order valence-corrected chi connectivity index (χ1v) is 7.11. The van der Waals surface area contributed by atoms with Crippen LogP contribution in [0.3, 0.4) is 0 Å². The number of H-pyrrole nitrogens is 2. The van der Waals surface area contributed by atoms with Gasteiger partial charge in [-0.25, -0.2) is 4.79 Å². The normalized spacial score (nSPS) is 10.3. The molecule has 6 nitrogen and oxygen atoms in total. The maximum atomic E-state index is 11.9. The number of benzene rings is 2. The number of carbonyl (C=O) groups is 1. The minimum atomic E-state index is -0.432. The molecule has 7 heteroatoms. The summed E-state index contributed by atoms with van der Waals surface area (Å²) in [6, 6.07) is 13.9. The van der Waals surface area contributed by atoms with Gasteiger partial charge in [-0.1, -0.05) is 23.7 Å². The lowest BCUT2D eigenvalue weighted by atomic mass is 10.3. The van der Waals surface area contributed by atoms with Crippen molar-refractivity contribution >= 4 is 23.2 Å². The SMILES string of the molecule is O=C(Nc1ccc(Oc2ccccc2Cl)cc1)c1c[nH]c(=O)[nH]1. The maximum absolute atomic E-state index is 11.9. The van der Waals surface area contributed by atoms with Gasteiger partial charge in [-0.3, -0.25) is 4.79 Å². The summed E-state index contributed by atoms with van der Waals surface area (Å²) < 4.78 is 5.66. The van der Waals surface area contributed by atoms with Gasteiger partial charge in [0.15, 0.2) is 0 Å². The average molecular weight is 330 g/mol. The van der Waals surface area contributed by atoms with Crippen molar-refractivity contribution in [2.24, 2.45) is 0 Å². The predicted octanol–water partition coefficient (Wildman–Crippen LogP) is 3.40. The number of hydrogen-bond donors (Lipinski definition) is 3. The van der Waals surface area contributed by atoms with E-state index in [1.165, 1.54) is 6.20 Å². The number of halogens is 1. The smallest absolute Gasteiger partial charge is 0.323 e. The molecule has 1 amide bonds. The fourth-order valence-electron chi connectivity index (χ4n) is 1.91. The molecule has 0 unspecified atom stereocenters. The summed E-state index contributed by atoms with van der Waals surface area (Å²) in [6.45, 7) is 0. The number of anilines is 1. The third-order valence-electron chi connectivity index (χ3n) is 3.02. The highest BCUT2D eigenvalue weighted by Crippen LogP contribution is 2.29. The van der Waals surface area contributed by atoms with E-state index in [4.69, 9.17) is 16.3 Å². The Kier molecular flexibility index (Phi) is 4.16. The lowest BCUT2D eigenvalue weighted by Gasteiger charge is -2.08. The topological polar surface area (TPSA) is 87.0 Å². The van der Waals surface area contributed by atoms with Crippen molar-refractivity contribution in [3.05, 3.63) is 75.9 Å². The van der Waals surface area contributed by atoms with Crippen LogP contribution in [-0.4, -0.2) is 15.9 Å². The largest absolute Gasteiger partial charge is 0.456 e. The number of hydrogen-bond acceptors (Lipinski definition) is 3. The fraction of sp³-hybridized carbons (Fsp3) is 0. The quantitative estimate of drug-likeness (QED) is 0.685. The van der Waals surface area contributed by atoms with Crippen molar-refractivity contribution in [3.63, 3.8) is 0 Å². The molecule has 0 saturated heterocycles. The zero-order valence-corrected chi connectivity index (χ0v) is 12.6. The number of aromatic nitrogens is 2. The second-order valence-corrected chi connectivity index (χ2v) is 5.07. The van der Waals surface area contributed by atoms with Gasteiger partial charge in [0, 0.05) is 11.9 Å². The van der Waals surface area contributed by atoms with E-state index in [0.717, 1.165) is 0 Å². The van der Waals surface area contributed by atoms with Crippen molar-refractivity contribution in [1.82, 2.24) is 9.97 Å². The van der Waals surface area contributed by atoms with Crippen LogP contribution in [0.2, 0.25) is 5.02 Å². The van der Waals surface area contributed by atoms with E-state index in [-0.39, 0.29) is 5.69 Å². The Bertz CT molecular complexity index is 884. The van der Waals surface area contributed by atoms with E-state index in [1.807, 2.05) is 12.1 Å². The number of imidazole rings is 1. The van der Waals surface area contributed by atoms with Gasteiger partial charge in [0.05, 0.1) is 5.02 Å². The van der Waals surface area contributed by atoms with Crippen LogP contribution in [0.5, 0.6) is 11.5 Å². The number of aromatic amines is 2. The van der Waals surface area contributed by atoms with Gasteiger partial charge in [-0.05, 0) is 36.4 Å². The van der Waals surface area contributed by atoms with Gasteiger partial charge in [-0.2, -0.15) is 0 Å². The van der Waals surface area contributed by atoms with Crippen LogP contribution < -0.4 is 15.7 Å². The second kappa shape index (κ2) is 6.41. The molecule has 1 aromatic heterocycles. The van der Waals surface area contributed by atoms with Gasteiger partial charge >= 0.3 is 5.69 Å². The summed E-state index contributed by atoms with van der Waals surface area (Å²) in [4.78, 5) is 27.6. The van der Waals surface area contributed by atoms with Crippen LogP contribution in [-0.2, 0) is 0 Å². The number of amides is 1. The van der Waals surface area contributed by atoms with E-state index in [0.29, 0.717) is 22.2 Å². The Labute approximate surface area is 136 Å². The second-order valence-electron chi connectivity index (χ2n) is 4.67. The van der Waals surface area contributed by atoms with E-state index >= 15 is 0 Å². The molecule has 3 rings (SSSR count). The Morgan fingerprint density at radius 2 is 1.83 bits per heavy atom. The monoisotopic (exact) mass is 329 g/mol. The van der Waals surface area contributed by atoms with Crippen LogP contribution in [0.4, 0.5) is 5.69 Å². The van der Waals surface area contributed by atoms with Crippen LogP contribution >= 0.6 is 11.6 Å². The Morgan fingerprint density at radius 1 is 1.09 bits per heavy atom. The third-order valence-corrected chi connectivity index (χ3v) is 3.33. The summed E-state index contributed by atoms with van der Waals surface area (Å²) in [6.07, 6.45) is 1.31. The molecule has 0 aliphatic rings. The number of carbonyl (C=O) groups excluding carboxylic acids is 1. The van der Waals surface area contributed by atoms with Crippen LogP contribution in [0.25, 0.3) is 0 Å². The standard InChI is InChI=1S/C16H12ClN3O3/c17-12-3-1-2-4-14(12)23-11-7-5-10(6-8-11)19-15(21)13-9-18-16(22)20-13/h1-9H,(H,19,21)(H2,18,20,22). The molecule has 0 radical (unpaired) electrons. The molecule has 2 aromatic carbocycles. The van der Waals surface area contributed by atoms with Gasteiger partial charge in [0.2, 0.25) is 0 Å². The minimum absolute atomic E-state index is 0.159. The highest BCUT2D eigenvalue weighted by Gasteiger charge is 2.08. The number of ether oxygens (including phenoxy) is 1. The van der Waals surface area contributed by atoms with Crippen LogP contribution in [0.1, 0.15) is 10.5 Å². The molecule has 3 aromatic rings. The molecule has 23 heavy (non-hydrogen) atoms. The molecule has 0 atom stereocenters. The van der Waals surface area contributed by atoms with Gasteiger partial charge in [0.1, 0.15) is 17.2 Å². The number of rotatable bonds is 4. The predicted molar refractivity (Wildman–Crippen MR) is 87.3 cm³/mol. The van der Waals surface area contributed by atoms with Gasteiger partial charge in [0.25, 0.3) is 5.91 Å². The van der Waals surface area contributed by atoms with Crippen molar-refractivity contribution < 1.29 is 9.53 Å². The van der Waals surface area contributed by atoms with Gasteiger partial charge < -0.3 is 20.0 Å². The maximum Gasteiger partial charge on any atom is 0.323 e. The zero-order valence-electron chi connectivity index (χ0n) is 11.8. The van der Waals surface area contributed by atoms with E-state index in [1.54, 1.807) is 36.4 Å². The Morgan fingerprint density at radius 3 is 2.48 bits per heavy atom. The summed E-state index contributed by atoms with van der Waals surface area (Å²) in [5.41, 5.74) is 0.300. The van der Waals surface area contributed by atoms with Crippen LogP contribution in [0.15, 0.2) is 59.5 Å². The van der Waals surface area contributed by atoms with Crippen molar-refractivity contribution in [2.45, 2.75) is 0 Å². The first-order chi connectivity index (χ1) is 11.1. The molecule has 0 aliphatic heterocycles. The molecule has 1 heterocycles. The molecule has 0 bridgehead atoms. The van der Waals surface area contributed by atoms with Crippen molar-refractivity contribution in [3.8, 4) is 11.5 Å². The zero-order chi connectivity index (χ0) is 16.2. The van der Waals surface area contributed by atoms with E-state index in [9.17, 15) is 9.59 Å². The molecule has 0 saturated carbocycles. The number of para-hydroxylation sites is 1. The minimum Gasteiger partial charge on any atom is -0.456 e. The van der Waals surface area contributed by atoms with Crippen LogP contribution in [0, 0.1) is 0 Å². The Balaban J connectivity index is 1.69. The summed E-state index contributed by atoms with van der Waals surface area (Å²) >= 11 is 6.03. The van der Waals surface area contributed by atoms with E-state index in [2.05, 4.69) is 15.3 Å². The summed E-state index contributed by atoms with van der Waals surface area (Å²) in [5, 5.41) is 3.18. The molecule has 0 fully saturated rings. The van der Waals surface area contributed by atoms with E-state index < -0.39 is 11.6 Å². The lowest BCUT2D eigenvalue weighted by Crippen LogP contribution is -2.13. The van der Waals surface area contributed by atoms with Crippen molar-refractivity contribution in [1.29, 1.82) is 0 Å². The average Bonchev–Trinajstić information content (AvgIpc) is 2.98. The highest BCUT2D eigenvalue weighted by molar-refractivity contribution is 6.32. The summed E-state index contributed by atoms with van der Waals surface area (Å²) in [7, 11) is 0. The molecule has 0 aliphatic carbocycles. The lowest BCUT2D eigenvalue weighted by molar-refractivity contribution is 0.102. The molecule has 3 N–H and O–H groups in total. The fourth-order valence-corrected chi connectivity index (χ4v) is 2.09. The van der Waals surface area contributed by atoms with Crippen molar-refractivity contribution in [2.75, 3.05) is 5.32 Å². The molecular formula is C16H12ClN3O3. The summed E-state index contributed by atoms with van der Waals surface area (Å²) in [5.74, 6) is 0.727. The first-order valence-electron chi connectivity index (χ1n) is 6.73. The van der Waals surface area contributed by atoms with Gasteiger partial charge in [-0.15, -0.1) is 0 Å². The number of nitrogens with one attached hydrogen (secondary N) is 3. The molecular weight excluding hydrogens is 318 g/mol. The molecule has 116 valence electrons. The Hall–Kier alpha value is -2.99. The highest BCUT2D eigenvalue weighted by atomic mass is 35.5. The first kappa shape index (κ1) is 14.9. The molecule has 0 spiro atoms.